The molecule has 3 heteroatoms. The molecule has 0 unspecified atom stereocenters. The van der Waals surface area contributed by atoms with E-state index < -0.39 is 0 Å². The molecule has 2 aliphatic rings. The summed E-state index contributed by atoms with van der Waals surface area (Å²) < 4.78 is 11.0. The Hall–Kier alpha value is -1.74. The molecule has 130 valence electrons. The van der Waals surface area contributed by atoms with Crippen molar-refractivity contribution in [3.05, 3.63) is 47.6 Å². The zero-order chi connectivity index (χ0) is 17.3. The van der Waals surface area contributed by atoms with E-state index >= 15 is 0 Å². The third kappa shape index (κ3) is 2.86. The smallest absolute Gasteiger partial charge is 0.161 e. The number of nitrogens with zero attached hydrogens (tertiary/aromatic N) is 1. The monoisotopic (exact) mass is 327 g/mol. The topological polar surface area (TPSA) is 21.7 Å². The molecule has 1 aromatic rings. The van der Waals surface area contributed by atoms with Crippen LogP contribution in [0.5, 0.6) is 11.5 Å². The zero-order valence-electron chi connectivity index (χ0n) is 15.4. The van der Waals surface area contributed by atoms with Crippen LogP contribution >= 0.6 is 0 Å². The van der Waals surface area contributed by atoms with Gasteiger partial charge in [0.15, 0.2) is 11.5 Å². The molecule has 1 saturated carbocycles. The molecular weight excluding hydrogens is 298 g/mol. The van der Waals surface area contributed by atoms with Crippen molar-refractivity contribution in [2.24, 2.45) is 0 Å². The minimum Gasteiger partial charge on any atom is -0.493 e. The Morgan fingerprint density at radius 2 is 2.00 bits per heavy atom. The van der Waals surface area contributed by atoms with Crippen LogP contribution in [0.3, 0.4) is 0 Å². The number of ether oxygens (including phenoxy) is 2. The standard InChI is InChI=1S/C21H29NO2/c1-15(2)12-16-8-9-21(10-11-22(3)20(21)13-16)17-6-7-18(23-4)19(14-17)24-5/h6-7,12,14,20H,1,8-11,13H2,2-5H3/b16-12-/t20-,21-/m0/s1. The van der Waals surface area contributed by atoms with E-state index in [4.69, 9.17) is 9.47 Å². The van der Waals surface area contributed by atoms with Gasteiger partial charge in [-0.15, -0.1) is 0 Å². The van der Waals surface area contributed by atoms with Crippen LogP contribution in [0, 0.1) is 0 Å². The molecule has 3 nitrogen and oxygen atoms in total. The van der Waals surface area contributed by atoms with Crippen LogP contribution in [0.15, 0.2) is 42.0 Å². The number of benzene rings is 1. The van der Waals surface area contributed by atoms with Crippen molar-refractivity contribution in [3.63, 3.8) is 0 Å². The second-order valence-corrected chi connectivity index (χ2v) is 7.33. The van der Waals surface area contributed by atoms with E-state index in [1.165, 1.54) is 24.0 Å². The second-order valence-electron chi connectivity index (χ2n) is 7.33. The summed E-state index contributed by atoms with van der Waals surface area (Å²) in [6.45, 7) is 7.29. The van der Waals surface area contributed by atoms with E-state index in [9.17, 15) is 0 Å². The maximum Gasteiger partial charge on any atom is 0.161 e. The lowest BCUT2D eigenvalue weighted by molar-refractivity contribution is 0.208. The quantitative estimate of drug-likeness (QED) is 0.821. The fourth-order valence-electron chi connectivity index (χ4n) is 4.60. The lowest BCUT2D eigenvalue weighted by Crippen LogP contribution is -2.44. The minimum atomic E-state index is 0.223. The van der Waals surface area contributed by atoms with Crippen molar-refractivity contribution < 1.29 is 9.47 Å². The van der Waals surface area contributed by atoms with Gasteiger partial charge in [-0.2, -0.15) is 0 Å². The summed E-state index contributed by atoms with van der Waals surface area (Å²) in [6.07, 6.45) is 6.98. The molecule has 0 bridgehead atoms. The Balaban J connectivity index is 1.98. The number of methoxy groups -OCH3 is 2. The molecule has 0 N–H and O–H groups in total. The lowest BCUT2D eigenvalue weighted by atomic mass is 9.65. The van der Waals surface area contributed by atoms with Gasteiger partial charge in [0.1, 0.15) is 0 Å². The summed E-state index contributed by atoms with van der Waals surface area (Å²) in [5.41, 5.74) is 4.31. The number of hydrogen-bond acceptors (Lipinski definition) is 3. The van der Waals surface area contributed by atoms with Crippen LogP contribution in [-0.2, 0) is 5.41 Å². The van der Waals surface area contributed by atoms with Gasteiger partial charge in [-0.05, 0) is 63.9 Å². The van der Waals surface area contributed by atoms with Gasteiger partial charge < -0.3 is 14.4 Å². The average Bonchev–Trinajstić information content (AvgIpc) is 2.91. The predicted molar refractivity (Wildman–Crippen MR) is 99.0 cm³/mol. The van der Waals surface area contributed by atoms with Crippen molar-refractivity contribution in [1.82, 2.24) is 4.90 Å². The summed E-state index contributed by atoms with van der Waals surface area (Å²) in [6, 6.07) is 7.03. The summed E-state index contributed by atoms with van der Waals surface area (Å²) in [4.78, 5) is 2.53. The number of allylic oxidation sites excluding steroid dienone is 2. The first-order valence-corrected chi connectivity index (χ1v) is 8.78. The van der Waals surface area contributed by atoms with E-state index in [0.717, 1.165) is 36.5 Å². The third-order valence-corrected chi connectivity index (χ3v) is 5.84. The van der Waals surface area contributed by atoms with Crippen molar-refractivity contribution in [2.45, 2.75) is 44.1 Å². The average molecular weight is 327 g/mol. The van der Waals surface area contributed by atoms with Gasteiger partial charge >= 0.3 is 0 Å². The molecule has 0 radical (unpaired) electrons. The molecule has 2 atom stereocenters. The van der Waals surface area contributed by atoms with Gasteiger partial charge in [0.25, 0.3) is 0 Å². The molecule has 3 rings (SSSR count). The maximum atomic E-state index is 5.55. The maximum absolute atomic E-state index is 5.55. The second kappa shape index (κ2) is 6.64. The van der Waals surface area contributed by atoms with E-state index in [0.29, 0.717) is 6.04 Å². The highest BCUT2D eigenvalue weighted by molar-refractivity contribution is 5.47. The lowest BCUT2D eigenvalue weighted by Gasteiger charge is -2.43. The van der Waals surface area contributed by atoms with E-state index in [-0.39, 0.29) is 5.41 Å². The first-order chi connectivity index (χ1) is 11.5. The highest BCUT2D eigenvalue weighted by Gasteiger charge is 2.49. The fourth-order valence-corrected chi connectivity index (χ4v) is 4.60. The normalized spacial score (nSPS) is 28.7. The van der Waals surface area contributed by atoms with Gasteiger partial charge in [-0.25, -0.2) is 0 Å². The van der Waals surface area contributed by atoms with Crippen molar-refractivity contribution in [1.29, 1.82) is 0 Å². The van der Waals surface area contributed by atoms with Crippen LogP contribution in [-0.4, -0.2) is 38.8 Å². The summed E-state index contributed by atoms with van der Waals surface area (Å²) in [7, 11) is 5.67. The Labute approximate surface area is 146 Å². The Bertz CT molecular complexity index is 664. The molecule has 2 fully saturated rings. The molecular formula is C21H29NO2. The van der Waals surface area contributed by atoms with Crippen LogP contribution in [0.4, 0.5) is 0 Å². The summed E-state index contributed by atoms with van der Waals surface area (Å²) in [5.74, 6) is 1.64. The minimum absolute atomic E-state index is 0.223. The van der Waals surface area contributed by atoms with Crippen LogP contribution in [0.1, 0.15) is 38.2 Å². The third-order valence-electron chi connectivity index (χ3n) is 5.84. The number of likely N-dealkylation sites (tertiary alicyclic amines) is 1. The number of likely N-dealkylation sites (N-methyl/N-ethyl adjacent to an activating group) is 1. The van der Waals surface area contributed by atoms with Crippen molar-refractivity contribution >= 4 is 0 Å². The molecule has 1 aliphatic heterocycles. The highest BCUT2D eigenvalue weighted by atomic mass is 16.5. The molecule has 0 spiro atoms. The van der Waals surface area contributed by atoms with Crippen LogP contribution < -0.4 is 9.47 Å². The molecule has 1 saturated heterocycles. The Kier molecular flexibility index (Phi) is 4.73. The van der Waals surface area contributed by atoms with Crippen molar-refractivity contribution in [3.8, 4) is 11.5 Å². The predicted octanol–water partition coefficient (Wildman–Crippen LogP) is 4.33. The van der Waals surface area contributed by atoms with E-state index in [2.05, 4.69) is 49.7 Å². The summed E-state index contributed by atoms with van der Waals surface area (Å²) >= 11 is 0. The van der Waals surface area contributed by atoms with Gasteiger partial charge in [0.2, 0.25) is 0 Å². The Morgan fingerprint density at radius 3 is 2.67 bits per heavy atom. The first kappa shape index (κ1) is 17.1. The zero-order valence-corrected chi connectivity index (χ0v) is 15.4. The SMILES string of the molecule is C=C(C)/C=C1/CC[C@@]2(c3ccc(OC)c(OC)c3)CCN(C)[C@H]2C1. The van der Waals surface area contributed by atoms with Crippen molar-refractivity contribution in [2.75, 3.05) is 27.8 Å². The summed E-state index contributed by atoms with van der Waals surface area (Å²) in [5, 5.41) is 0. The van der Waals surface area contributed by atoms with E-state index in [1.807, 2.05) is 0 Å². The largest absolute Gasteiger partial charge is 0.493 e. The van der Waals surface area contributed by atoms with E-state index in [1.54, 1.807) is 14.2 Å². The molecule has 1 aromatic carbocycles. The van der Waals surface area contributed by atoms with Crippen LogP contribution in [0.25, 0.3) is 0 Å². The van der Waals surface area contributed by atoms with Gasteiger partial charge in [0, 0.05) is 11.5 Å². The highest BCUT2D eigenvalue weighted by Crippen LogP contribution is 2.51. The first-order valence-electron chi connectivity index (χ1n) is 8.78. The van der Waals surface area contributed by atoms with Crippen LogP contribution in [0.2, 0.25) is 0 Å². The molecule has 24 heavy (non-hydrogen) atoms. The number of hydrogen-bond donors (Lipinski definition) is 0. The molecule has 1 aliphatic carbocycles. The molecule has 0 aromatic heterocycles. The molecule has 0 amide bonds. The van der Waals surface area contributed by atoms with Gasteiger partial charge in [0.05, 0.1) is 14.2 Å². The molecule has 1 heterocycles. The van der Waals surface area contributed by atoms with Gasteiger partial charge in [-0.1, -0.05) is 29.9 Å². The Morgan fingerprint density at radius 1 is 1.25 bits per heavy atom. The number of rotatable bonds is 4. The number of fused-ring (bicyclic) bond motifs is 1. The fraction of sp³-hybridized carbons (Fsp3) is 0.524. The van der Waals surface area contributed by atoms with Gasteiger partial charge in [-0.3, -0.25) is 0 Å².